The molecule has 0 saturated carbocycles. The van der Waals surface area contributed by atoms with Gasteiger partial charge in [-0.3, -0.25) is 10.1 Å². The quantitative estimate of drug-likeness (QED) is 0.658. The summed E-state index contributed by atoms with van der Waals surface area (Å²) in [4.78, 5) is 21.3. The molecule has 20 heavy (non-hydrogen) atoms. The molecule has 2 rings (SSSR count). The summed E-state index contributed by atoms with van der Waals surface area (Å²) in [6, 6.07) is 10.4. The Morgan fingerprint density at radius 2 is 1.90 bits per heavy atom. The van der Waals surface area contributed by atoms with E-state index in [1.54, 1.807) is 24.3 Å². The molecule has 0 radical (unpaired) electrons. The van der Waals surface area contributed by atoms with Gasteiger partial charge in [-0.2, -0.15) is 0 Å². The molecule has 2 aromatic carbocycles. The lowest BCUT2D eigenvalue weighted by atomic mass is 9.98. The highest BCUT2D eigenvalue weighted by atomic mass is 16.6. The minimum atomic E-state index is -1.24. The van der Waals surface area contributed by atoms with E-state index in [2.05, 4.69) is 0 Å². The first-order valence-electron chi connectivity index (χ1n) is 5.75. The van der Waals surface area contributed by atoms with Gasteiger partial charge in [0.2, 0.25) is 0 Å². The molecule has 0 unspecified atom stereocenters. The number of carboxylic acid groups (broad SMARTS) is 1. The fourth-order valence-corrected chi connectivity index (χ4v) is 1.94. The van der Waals surface area contributed by atoms with Crippen molar-refractivity contribution < 1.29 is 19.9 Å². The predicted octanol–water partition coefficient (Wildman–Crippen LogP) is 2.45. The smallest absolute Gasteiger partial charge is 0.335 e. The van der Waals surface area contributed by atoms with E-state index in [0.717, 1.165) is 6.07 Å². The molecule has 2 aromatic rings. The van der Waals surface area contributed by atoms with Gasteiger partial charge in [-0.05, 0) is 22.8 Å². The molecule has 0 spiro atoms. The van der Waals surface area contributed by atoms with Crippen LogP contribution in [0.2, 0.25) is 0 Å². The zero-order valence-corrected chi connectivity index (χ0v) is 10.3. The van der Waals surface area contributed by atoms with E-state index in [-0.39, 0.29) is 17.9 Å². The molecule has 6 heteroatoms. The number of benzene rings is 2. The van der Waals surface area contributed by atoms with Gasteiger partial charge in [0.25, 0.3) is 5.69 Å². The van der Waals surface area contributed by atoms with Crippen molar-refractivity contribution in [1.82, 2.24) is 0 Å². The van der Waals surface area contributed by atoms with Crippen LogP contribution in [0.15, 0.2) is 42.5 Å². The minimum absolute atomic E-state index is 0.165. The van der Waals surface area contributed by atoms with Gasteiger partial charge in [-0.15, -0.1) is 0 Å². The lowest BCUT2D eigenvalue weighted by molar-refractivity contribution is -0.384. The molecule has 0 aliphatic carbocycles. The fraction of sp³-hybridized carbons (Fsp3) is 0.0714. The van der Waals surface area contributed by atoms with Crippen molar-refractivity contribution in [2.75, 3.05) is 0 Å². The molecule has 102 valence electrons. The summed E-state index contributed by atoms with van der Waals surface area (Å²) in [7, 11) is 0. The zero-order valence-electron chi connectivity index (χ0n) is 10.3. The number of nitrogens with zero attached hydrogens (tertiary/aromatic N) is 1. The van der Waals surface area contributed by atoms with Crippen LogP contribution in [-0.4, -0.2) is 21.1 Å². The Kier molecular flexibility index (Phi) is 3.76. The molecule has 0 amide bonds. The standard InChI is InChI=1S/C14H11NO5/c16-8-9-3-1-2-4-13(9)10-5-11(14(17)18)7-12(6-10)15(19)20/h1-7,16H,8H2,(H,17,18). The van der Waals surface area contributed by atoms with Crippen molar-refractivity contribution in [1.29, 1.82) is 0 Å². The van der Waals surface area contributed by atoms with E-state index < -0.39 is 10.9 Å². The molecule has 0 atom stereocenters. The number of non-ortho nitro benzene ring substituents is 1. The van der Waals surface area contributed by atoms with Crippen LogP contribution in [0.5, 0.6) is 0 Å². The molecular formula is C14H11NO5. The van der Waals surface area contributed by atoms with Crippen LogP contribution in [0, 0.1) is 10.1 Å². The van der Waals surface area contributed by atoms with Gasteiger partial charge in [0.1, 0.15) is 0 Å². The van der Waals surface area contributed by atoms with Gasteiger partial charge in [-0.25, -0.2) is 4.79 Å². The second-order valence-corrected chi connectivity index (χ2v) is 4.15. The first kappa shape index (κ1) is 13.7. The molecule has 0 fully saturated rings. The van der Waals surface area contributed by atoms with Crippen molar-refractivity contribution in [3.05, 3.63) is 63.7 Å². The summed E-state index contributed by atoms with van der Waals surface area (Å²) in [5.74, 6) is -1.24. The maximum atomic E-state index is 11.0. The van der Waals surface area contributed by atoms with Gasteiger partial charge in [0.15, 0.2) is 0 Å². The first-order chi connectivity index (χ1) is 9.52. The SMILES string of the molecule is O=C(O)c1cc(-c2ccccc2CO)cc([N+](=O)[O-])c1. The van der Waals surface area contributed by atoms with Gasteiger partial charge in [0.05, 0.1) is 17.1 Å². The largest absolute Gasteiger partial charge is 0.478 e. The minimum Gasteiger partial charge on any atom is -0.478 e. The number of hydrogen-bond donors (Lipinski definition) is 2. The Morgan fingerprint density at radius 3 is 2.50 bits per heavy atom. The molecule has 0 bridgehead atoms. The van der Waals surface area contributed by atoms with Crippen molar-refractivity contribution in [2.45, 2.75) is 6.61 Å². The predicted molar refractivity (Wildman–Crippen MR) is 71.4 cm³/mol. The molecule has 0 saturated heterocycles. The average molecular weight is 273 g/mol. The lowest BCUT2D eigenvalue weighted by Crippen LogP contribution is -2.00. The first-order valence-corrected chi connectivity index (χ1v) is 5.75. The second-order valence-electron chi connectivity index (χ2n) is 4.15. The number of nitro groups is 1. The molecule has 2 N–H and O–H groups in total. The zero-order chi connectivity index (χ0) is 14.7. The molecule has 0 aromatic heterocycles. The average Bonchev–Trinajstić information content (AvgIpc) is 2.46. The van der Waals surface area contributed by atoms with E-state index in [1.165, 1.54) is 12.1 Å². The van der Waals surface area contributed by atoms with Crippen LogP contribution in [0.3, 0.4) is 0 Å². The van der Waals surface area contributed by atoms with Crippen LogP contribution in [0.4, 0.5) is 5.69 Å². The Bertz CT molecular complexity index is 649. The molecule has 6 nitrogen and oxygen atoms in total. The normalized spacial score (nSPS) is 10.2. The summed E-state index contributed by atoms with van der Waals surface area (Å²) in [5, 5.41) is 29.2. The van der Waals surface area contributed by atoms with Gasteiger partial charge in [0, 0.05) is 12.1 Å². The highest BCUT2D eigenvalue weighted by Gasteiger charge is 2.15. The Morgan fingerprint density at radius 1 is 1.20 bits per heavy atom. The van der Waals surface area contributed by atoms with Crippen molar-refractivity contribution in [2.24, 2.45) is 0 Å². The topological polar surface area (TPSA) is 101 Å². The maximum Gasteiger partial charge on any atom is 0.335 e. The Balaban J connectivity index is 2.67. The van der Waals surface area contributed by atoms with Crippen LogP contribution >= 0.6 is 0 Å². The molecule has 0 aliphatic rings. The number of hydrogen-bond acceptors (Lipinski definition) is 4. The third-order valence-corrected chi connectivity index (χ3v) is 2.87. The second kappa shape index (κ2) is 5.50. The third-order valence-electron chi connectivity index (χ3n) is 2.87. The number of nitro benzene ring substituents is 1. The summed E-state index contributed by atoms with van der Waals surface area (Å²) in [6.45, 7) is -0.235. The highest BCUT2D eigenvalue weighted by molar-refractivity contribution is 5.90. The molecular weight excluding hydrogens is 262 g/mol. The summed E-state index contributed by atoms with van der Waals surface area (Å²) < 4.78 is 0. The molecule has 0 heterocycles. The van der Waals surface area contributed by atoms with E-state index in [4.69, 9.17) is 5.11 Å². The van der Waals surface area contributed by atoms with Crippen LogP contribution in [0.1, 0.15) is 15.9 Å². The van der Waals surface area contributed by atoms with Gasteiger partial charge < -0.3 is 10.2 Å². The van der Waals surface area contributed by atoms with E-state index >= 15 is 0 Å². The number of carboxylic acids is 1. The maximum absolute atomic E-state index is 11.0. The van der Waals surface area contributed by atoms with E-state index in [0.29, 0.717) is 16.7 Å². The van der Waals surface area contributed by atoms with E-state index in [1.807, 2.05) is 0 Å². The number of carbonyl (C=O) groups is 1. The summed E-state index contributed by atoms with van der Waals surface area (Å²) >= 11 is 0. The van der Waals surface area contributed by atoms with Crippen molar-refractivity contribution in [3.8, 4) is 11.1 Å². The van der Waals surface area contributed by atoms with Gasteiger partial charge >= 0.3 is 5.97 Å². The van der Waals surface area contributed by atoms with Gasteiger partial charge in [-0.1, -0.05) is 24.3 Å². The number of aliphatic hydroxyl groups excluding tert-OH is 1. The van der Waals surface area contributed by atoms with E-state index in [9.17, 15) is 20.0 Å². The Labute approximate surface area is 114 Å². The highest BCUT2D eigenvalue weighted by Crippen LogP contribution is 2.28. The van der Waals surface area contributed by atoms with Crippen molar-refractivity contribution in [3.63, 3.8) is 0 Å². The number of aromatic carboxylic acids is 1. The van der Waals surface area contributed by atoms with Crippen molar-refractivity contribution >= 4 is 11.7 Å². The number of aliphatic hydroxyl groups is 1. The summed E-state index contributed by atoms with van der Waals surface area (Å²) in [6.07, 6.45) is 0. The molecule has 0 aliphatic heterocycles. The fourth-order valence-electron chi connectivity index (χ4n) is 1.94. The van der Waals surface area contributed by atoms with Crippen LogP contribution < -0.4 is 0 Å². The monoisotopic (exact) mass is 273 g/mol. The third kappa shape index (κ3) is 2.65. The van der Waals surface area contributed by atoms with Crippen LogP contribution in [-0.2, 0) is 6.61 Å². The lowest BCUT2D eigenvalue weighted by Gasteiger charge is -2.08. The number of rotatable bonds is 4. The summed E-state index contributed by atoms with van der Waals surface area (Å²) in [5.41, 5.74) is 1.07. The Hall–Kier alpha value is -2.73. The van der Waals surface area contributed by atoms with Crippen LogP contribution in [0.25, 0.3) is 11.1 Å².